The zero-order chi connectivity index (χ0) is 17.9. The van der Waals surface area contributed by atoms with E-state index in [0.717, 1.165) is 24.8 Å². The summed E-state index contributed by atoms with van der Waals surface area (Å²) in [6.45, 7) is 2.45. The molecular weight excluding hydrogens is 326 g/mol. The predicted molar refractivity (Wildman–Crippen MR) is 99.1 cm³/mol. The molecule has 134 valence electrons. The van der Waals surface area contributed by atoms with Crippen LogP contribution in [0.4, 0.5) is 0 Å². The van der Waals surface area contributed by atoms with Crippen molar-refractivity contribution in [1.82, 2.24) is 14.8 Å². The molecule has 2 amide bonds. The van der Waals surface area contributed by atoms with Crippen molar-refractivity contribution in [1.29, 1.82) is 0 Å². The maximum absolute atomic E-state index is 12.9. The summed E-state index contributed by atoms with van der Waals surface area (Å²) in [7, 11) is 0. The second-order valence-electron chi connectivity index (χ2n) is 6.99. The van der Waals surface area contributed by atoms with Gasteiger partial charge in [-0.05, 0) is 61.1 Å². The molecule has 0 radical (unpaired) electrons. The summed E-state index contributed by atoms with van der Waals surface area (Å²) in [5.74, 6) is 0.0178. The van der Waals surface area contributed by atoms with Crippen LogP contribution in [0.2, 0.25) is 0 Å². The predicted octanol–water partition coefficient (Wildman–Crippen LogP) is 2.56. The van der Waals surface area contributed by atoms with Crippen molar-refractivity contribution < 1.29 is 9.59 Å². The van der Waals surface area contributed by atoms with Gasteiger partial charge in [0.05, 0.1) is 0 Å². The Labute approximate surface area is 153 Å². The Morgan fingerprint density at radius 2 is 1.58 bits per heavy atom. The highest BCUT2D eigenvalue weighted by Gasteiger charge is 2.24. The lowest BCUT2D eigenvalue weighted by molar-refractivity contribution is 0.0715. The molecule has 2 aliphatic rings. The fraction of sp³-hybridized carbons (Fsp3) is 0.381. The first-order valence-corrected chi connectivity index (χ1v) is 9.34. The third-order valence-corrected chi connectivity index (χ3v) is 5.30. The van der Waals surface area contributed by atoms with Gasteiger partial charge in [0.15, 0.2) is 0 Å². The fourth-order valence-electron chi connectivity index (χ4n) is 3.86. The van der Waals surface area contributed by atoms with Gasteiger partial charge in [-0.2, -0.15) is 0 Å². The molecule has 0 bridgehead atoms. The Bertz CT molecular complexity index is 819. The summed E-state index contributed by atoms with van der Waals surface area (Å²) in [5.41, 5.74) is 3.93. The molecule has 5 heteroatoms. The van der Waals surface area contributed by atoms with Gasteiger partial charge in [0.2, 0.25) is 0 Å². The summed E-state index contributed by atoms with van der Waals surface area (Å²) in [6.07, 6.45) is 5.80. The van der Waals surface area contributed by atoms with E-state index >= 15 is 0 Å². The topological polar surface area (TPSA) is 53.5 Å². The molecule has 1 aliphatic heterocycles. The summed E-state index contributed by atoms with van der Waals surface area (Å²) in [6, 6.07) is 11.5. The summed E-state index contributed by atoms with van der Waals surface area (Å²) < 4.78 is 0. The van der Waals surface area contributed by atoms with Gasteiger partial charge in [-0.1, -0.05) is 12.1 Å². The van der Waals surface area contributed by atoms with E-state index in [1.54, 1.807) is 23.2 Å². The molecule has 0 atom stereocenters. The van der Waals surface area contributed by atoms with Crippen LogP contribution in [0.5, 0.6) is 0 Å². The molecule has 2 heterocycles. The second kappa shape index (κ2) is 7.28. The molecule has 0 spiro atoms. The Balaban J connectivity index is 1.43. The highest BCUT2D eigenvalue weighted by molar-refractivity contribution is 5.95. The lowest BCUT2D eigenvalue weighted by atomic mass is 10.1. The van der Waals surface area contributed by atoms with Crippen LogP contribution in [0.3, 0.4) is 0 Å². The van der Waals surface area contributed by atoms with Crippen molar-refractivity contribution in [2.75, 3.05) is 26.2 Å². The number of pyridine rings is 1. The zero-order valence-corrected chi connectivity index (χ0v) is 14.9. The first-order chi connectivity index (χ1) is 12.7. The number of benzene rings is 1. The quantitative estimate of drug-likeness (QED) is 0.837. The van der Waals surface area contributed by atoms with E-state index in [1.165, 1.54) is 17.5 Å². The molecule has 4 rings (SSSR count). The monoisotopic (exact) mass is 349 g/mol. The van der Waals surface area contributed by atoms with Gasteiger partial charge in [-0.3, -0.25) is 14.6 Å². The number of nitrogens with zero attached hydrogens (tertiary/aromatic N) is 3. The van der Waals surface area contributed by atoms with Gasteiger partial charge in [0.25, 0.3) is 11.8 Å². The standard InChI is InChI=1S/C21H23N3O2/c25-20(18-9-8-16-5-3-6-17(16)15-18)23-11-4-12-24(14-13-23)21(26)19-7-1-2-10-22-19/h1-2,7-10,15H,3-6,11-14H2. The van der Waals surface area contributed by atoms with Crippen LogP contribution in [0.15, 0.2) is 42.6 Å². The molecule has 1 fully saturated rings. The molecule has 0 unspecified atom stereocenters. The zero-order valence-electron chi connectivity index (χ0n) is 14.9. The average molecular weight is 349 g/mol. The van der Waals surface area contributed by atoms with Crippen LogP contribution in [-0.4, -0.2) is 52.8 Å². The first kappa shape index (κ1) is 16.8. The third-order valence-electron chi connectivity index (χ3n) is 5.30. The van der Waals surface area contributed by atoms with E-state index in [0.29, 0.717) is 31.9 Å². The van der Waals surface area contributed by atoms with E-state index in [9.17, 15) is 9.59 Å². The van der Waals surface area contributed by atoms with Crippen molar-refractivity contribution in [2.24, 2.45) is 0 Å². The van der Waals surface area contributed by atoms with Crippen molar-refractivity contribution in [3.8, 4) is 0 Å². The van der Waals surface area contributed by atoms with Crippen molar-refractivity contribution in [3.63, 3.8) is 0 Å². The van der Waals surface area contributed by atoms with E-state index < -0.39 is 0 Å². The molecule has 1 aromatic heterocycles. The molecule has 2 aromatic rings. The summed E-state index contributed by atoms with van der Waals surface area (Å²) >= 11 is 0. The van der Waals surface area contributed by atoms with Crippen molar-refractivity contribution in [3.05, 3.63) is 65.0 Å². The van der Waals surface area contributed by atoms with Crippen LogP contribution in [-0.2, 0) is 12.8 Å². The number of carbonyl (C=O) groups excluding carboxylic acids is 2. The largest absolute Gasteiger partial charge is 0.337 e. The average Bonchev–Trinajstić information content (AvgIpc) is 3.02. The molecule has 5 nitrogen and oxygen atoms in total. The molecule has 0 saturated carbocycles. The molecule has 1 aliphatic carbocycles. The summed E-state index contributed by atoms with van der Waals surface area (Å²) in [4.78, 5) is 33.3. The van der Waals surface area contributed by atoms with Gasteiger partial charge >= 0.3 is 0 Å². The summed E-state index contributed by atoms with van der Waals surface area (Å²) in [5, 5.41) is 0. The van der Waals surface area contributed by atoms with E-state index in [-0.39, 0.29) is 11.8 Å². The van der Waals surface area contributed by atoms with E-state index in [1.807, 2.05) is 17.0 Å². The van der Waals surface area contributed by atoms with Crippen LogP contribution < -0.4 is 0 Å². The van der Waals surface area contributed by atoms with E-state index in [2.05, 4.69) is 17.1 Å². The van der Waals surface area contributed by atoms with Crippen LogP contribution in [0, 0.1) is 0 Å². The van der Waals surface area contributed by atoms with Gasteiger partial charge < -0.3 is 9.80 Å². The maximum atomic E-state index is 12.9. The molecular formula is C21H23N3O2. The lowest BCUT2D eigenvalue weighted by Gasteiger charge is -2.22. The molecule has 1 saturated heterocycles. The Hall–Kier alpha value is -2.69. The smallest absolute Gasteiger partial charge is 0.272 e. The fourth-order valence-corrected chi connectivity index (χ4v) is 3.86. The van der Waals surface area contributed by atoms with Crippen molar-refractivity contribution >= 4 is 11.8 Å². The van der Waals surface area contributed by atoms with Gasteiger partial charge in [0.1, 0.15) is 5.69 Å². The Morgan fingerprint density at radius 3 is 2.35 bits per heavy atom. The third kappa shape index (κ3) is 3.34. The SMILES string of the molecule is O=C(c1ccc2c(c1)CCC2)N1CCCN(C(=O)c2ccccn2)CC1. The number of rotatable bonds is 2. The first-order valence-electron chi connectivity index (χ1n) is 9.34. The van der Waals surface area contributed by atoms with Crippen molar-refractivity contribution in [2.45, 2.75) is 25.7 Å². The minimum Gasteiger partial charge on any atom is -0.337 e. The molecule has 0 N–H and O–H groups in total. The van der Waals surface area contributed by atoms with Crippen LogP contribution in [0.25, 0.3) is 0 Å². The van der Waals surface area contributed by atoms with Gasteiger partial charge in [-0.25, -0.2) is 0 Å². The molecule has 26 heavy (non-hydrogen) atoms. The number of amides is 2. The Kier molecular flexibility index (Phi) is 4.69. The normalized spacial score (nSPS) is 16.9. The Morgan fingerprint density at radius 1 is 0.808 bits per heavy atom. The van der Waals surface area contributed by atoms with Crippen LogP contribution >= 0.6 is 0 Å². The minimum absolute atomic E-state index is 0.0579. The number of hydrogen-bond acceptors (Lipinski definition) is 3. The number of fused-ring (bicyclic) bond motifs is 1. The van der Waals surface area contributed by atoms with E-state index in [4.69, 9.17) is 0 Å². The number of hydrogen-bond donors (Lipinski definition) is 0. The van der Waals surface area contributed by atoms with Crippen LogP contribution in [0.1, 0.15) is 44.8 Å². The highest BCUT2D eigenvalue weighted by atomic mass is 16.2. The molecule has 1 aromatic carbocycles. The number of aromatic nitrogens is 1. The maximum Gasteiger partial charge on any atom is 0.272 e. The number of carbonyl (C=O) groups is 2. The highest BCUT2D eigenvalue weighted by Crippen LogP contribution is 2.23. The van der Waals surface area contributed by atoms with Gasteiger partial charge in [-0.15, -0.1) is 0 Å². The number of aryl methyl sites for hydroxylation is 2. The minimum atomic E-state index is -0.0579. The lowest BCUT2D eigenvalue weighted by Crippen LogP contribution is -2.37. The van der Waals surface area contributed by atoms with Gasteiger partial charge in [0, 0.05) is 37.9 Å². The second-order valence-corrected chi connectivity index (χ2v) is 6.99.